The minimum Gasteiger partial charge on any atom is -0.354 e. The summed E-state index contributed by atoms with van der Waals surface area (Å²) in [6.45, 7) is 7.50. The van der Waals surface area contributed by atoms with Crippen molar-refractivity contribution in [3.05, 3.63) is 95.8 Å². The molecule has 0 aromatic heterocycles. The first kappa shape index (κ1) is 29.8. The summed E-state index contributed by atoms with van der Waals surface area (Å²) >= 11 is 0. The molecule has 0 saturated heterocycles. The SMILES string of the molecule is CC[C@@H](C(=O)NCC(C)C)N(Cc1ccc(F)cc1)C(=O)CN(c1cccc(C)c1)S(=O)(=O)c1ccccc1. The zero-order valence-corrected chi connectivity index (χ0v) is 23.6. The predicted molar refractivity (Wildman–Crippen MR) is 151 cm³/mol. The predicted octanol–water partition coefficient (Wildman–Crippen LogP) is 4.91. The van der Waals surface area contributed by atoms with Gasteiger partial charge in [0, 0.05) is 13.1 Å². The first-order valence-electron chi connectivity index (χ1n) is 13.0. The van der Waals surface area contributed by atoms with Gasteiger partial charge in [0.1, 0.15) is 18.4 Å². The van der Waals surface area contributed by atoms with Crippen LogP contribution in [-0.2, 0) is 26.2 Å². The van der Waals surface area contributed by atoms with E-state index >= 15 is 0 Å². The van der Waals surface area contributed by atoms with Gasteiger partial charge in [0.05, 0.1) is 10.6 Å². The van der Waals surface area contributed by atoms with Gasteiger partial charge >= 0.3 is 0 Å². The molecule has 0 bridgehead atoms. The Morgan fingerprint density at radius 3 is 2.21 bits per heavy atom. The van der Waals surface area contributed by atoms with Gasteiger partial charge in [-0.15, -0.1) is 0 Å². The van der Waals surface area contributed by atoms with Crippen LogP contribution in [0.3, 0.4) is 0 Å². The fourth-order valence-electron chi connectivity index (χ4n) is 4.16. The number of carbonyl (C=O) groups is 2. The lowest BCUT2D eigenvalue weighted by Gasteiger charge is -2.33. The molecule has 1 N–H and O–H groups in total. The van der Waals surface area contributed by atoms with E-state index in [1.807, 2.05) is 26.8 Å². The fraction of sp³-hybridized carbons (Fsp3) is 0.333. The fourth-order valence-corrected chi connectivity index (χ4v) is 5.59. The Labute approximate surface area is 230 Å². The van der Waals surface area contributed by atoms with Crippen LogP contribution in [0.4, 0.5) is 10.1 Å². The van der Waals surface area contributed by atoms with E-state index in [2.05, 4.69) is 5.32 Å². The number of benzene rings is 3. The van der Waals surface area contributed by atoms with Gasteiger partial charge in [-0.25, -0.2) is 12.8 Å². The molecule has 0 aliphatic heterocycles. The van der Waals surface area contributed by atoms with E-state index in [1.165, 1.54) is 29.2 Å². The Morgan fingerprint density at radius 2 is 1.62 bits per heavy atom. The van der Waals surface area contributed by atoms with Gasteiger partial charge < -0.3 is 10.2 Å². The van der Waals surface area contributed by atoms with Crippen LogP contribution < -0.4 is 9.62 Å². The first-order valence-corrected chi connectivity index (χ1v) is 14.4. The molecule has 0 unspecified atom stereocenters. The maximum atomic E-state index is 14.0. The lowest BCUT2D eigenvalue weighted by atomic mass is 10.1. The average molecular weight is 554 g/mol. The van der Waals surface area contributed by atoms with Crippen LogP contribution in [0.25, 0.3) is 0 Å². The van der Waals surface area contributed by atoms with Crippen LogP contribution in [0.2, 0.25) is 0 Å². The molecule has 39 heavy (non-hydrogen) atoms. The summed E-state index contributed by atoms with van der Waals surface area (Å²) in [6.07, 6.45) is 0.312. The monoisotopic (exact) mass is 553 g/mol. The quantitative estimate of drug-likeness (QED) is 0.345. The summed E-state index contributed by atoms with van der Waals surface area (Å²) in [5.41, 5.74) is 1.79. The number of anilines is 1. The number of rotatable bonds is 12. The summed E-state index contributed by atoms with van der Waals surface area (Å²) in [7, 11) is -4.12. The second-order valence-electron chi connectivity index (χ2n) is 9.87. The maximum Gasteiger partial charge on any atom is 0.264 e. The van der Waals surface area contributed by atoms with Gasteiger partial charge in [-0.1, -0.05) is 63.2 Å². The van der Waals surface area contributed by atoms with E-state index in [-0.39, 0.29) is 23.3 Å². The minimum atomic E-state index is -4.12. The number of halogens is 1. The van der Waals surface area contributed by atoms with Gasteiger partial charge in [0.15, 0.2) is 0 Å². The largest absolute Gasteiger partial charge is 0.354 e. The number of aryl methyl sites for hydroxylation is 1. The number of sulfonamides is 1. The van der Waals surface area contributed by atoms with Crippen molar-refractivity contribution in [2.45, 2.75) is 51.6 Å². The van der Waals surface area contributed by atoms with Gasteiger partial charge in [0.25, 0.3) is 10.0 Å². The molecule has 0 spiro atoms. The summed E-state index contributed by atoms with van der Waals surface area (Å²) < 4.78 is 42.2. The Morgan fingerprint density at radius 1 is 0.949 bits per heavy atom. The third-order valence-corrected chi connectivity index (χ3v) is 8.02. The van der Waals surface area contributed by atoms with Crippen LogP contribution >= 0.6 is 0 Å². The molecule has 1 atom stereocenters. The molecule has 3 rings (SSSR count). The lowest BCUT2D eigenvalue weighted by molar-refractivity contribution is -0.140. The van der Waals surface area contributed by atoms with Crippen molar-refractivity contribution >= 4 is 27.5 Å². The Bertz CT molecular complexity index is 1360. The smallest absolute Gasteiger partial charge is 0.264 e. The second-order valence-corrected chi connectivity index (χ2v) is 11.7. The molecular weight excluding hydrogens is 517 g/mol. The van der Waals surface area contributed by atoms with Crippen LogP contribution in [0, 0.1) is 18.7 Å². The number of amides is 2. The van der Waals surface area contributed by atoms with Gasteiger partial charge in [0.2, 0.25) is 11.8 Å². The highest BCUT2D eigenvalue weighted by Crippen LogP contribution is 2.25. The van der Waals surface area contributed by atoms with Crippen molar-refractivity contribution in [3.63, 3.8) is 0 Å². The number of carbonyl (C=O) groups excluding carboxylic acids is 2. The lowest BCUT2D eigenvalue weighted by Crippen LogP contribution is -2.52. The average Bonchev–Trinajstić information content (AvgIpc) is 2.91. The molecule has 0 heterocycles. The molecular formula is C30H36FN3O4S. The summed E-state index contributed by atoms with van der Waals surface area (Å²) in [6, 6.07) is 19.6. The van der Waals surface area contributed by atoms with Crippen molar-refractivity contribution in [3.8, 4) is 0 Å². The van der Waals surface area contributed by atoms with Crippen LogP contribution in [0.1, 0.15) is 38.3 Å². The molecule has 0 aliphatic rings. The van der Waals surface area contributed by atoms with E-state index in [4.69, 9.17) is 0 Å². The minimum absolute atomic E-state index is 0.0137. The van der Waals surface area contributed by atoms with Crippen LogP contribution in [0.15, 0.2) is 83.8 Å². The molecule has 0 saturated carbocycles. The summed E-state index contributed by atoms with van der Waals surface area (Å²) in [5.74, 6) is -1.08. The van der Waals surface area contributed by atoms with Crippen molar-refractivity contribution in [1.82, 2.24) is 10.2 Å². The van der Waals surface area contributed by atoms with Crippen LogP contribution in [-0.4, -0.2) is 44.3 Å². The second kappa shape index (κ2) is 13.4. The van der Waals surface area contributed by atoms with Gasteiger partial charge in [-0.3, -0.25) is 13.9 Å². The maximum absolute atomic E-state index is 14.0. The zero-order chi connectivity index (χ0) is 28.6. The highest BCUT2D eigenvalue weighted by molar-refractivity contribution is 7.92. The third kappa shape index (κ3) is 7.89. The standard InChI is InChI=1S/C30H36FN3O4S/c1-5-28(30(36)32-19-22(2)3)33(20-24-14-16-25(31)17-15-24)29(35)21-34(26-11-9-10-23(4)18-26)39(37,38)27-12-7-6-8-13-27/h6-18,22,28H,5,19-21H2,1-4H3,(H,32,36)/t28-/m0/s1. The molecule has 3 aromatic rings. The van der Waals surface area contributed by atoms with E-state index in [0.717, 1.165) is 9.87 Å². The molecule has 0 radical (unpaired) electrons. The molecule has 208 valence electrons. The molecule has 9 heteroatoms. The number of nitrogens with one attached hydrogen (secondary N) is 1. The topological polar surface area (TPSA) is 86.8 Å². The van der Waals surface area contributed by atoms with Crippen LogP contribution in [0.5, 0.6) is 0 Å². The third-order valence-electron chi connectivity index (χ3n) is 6.24. The normalized spacial score (nSPS) is 12.2. The van der Waals surface area contributed by atoms with Gasteiger partial charge in [-0.2, -0.15) is 0 Å². The Hall–Kier alpha value is -3.72. The number of nitrogens with zero attached hydrogens (tertiary/aromatic N) is 2. The summed E-state index contributed by atoms with van der Waals surface area (Å²) in [5, 5.41) is 2.89. The Kier molecular flexibility index (Phi) is 10.2. The highest BCUT2D eigenvalue weighted by Gasteiger charge is 2.33. The molecule has 0 fully saturated rings. The van der Waals surface area contributed by atoms with Crippen molar-refractivity contribution in [1.29, 1.82) is 0 Å². The van der Waals surface area contributed by atoms with E-state index in [1.54, 1.807) is 55.5 Å². The van der Waals surface area contributed by atoms with E-state index in [0.29, 0.717) is 24.2 Å². The summed E-state index contributed by atoms with van der Waals surface area (Å²) in [4.78, 5) is 28.6. The van der Waals surface area contributed by atoms with Gasteiger partial charge in [-0.05, 0) is 66.8 Å². The number of hydrogen-bond donors (Lipinski definition) is 1. The molecule has 7 nitrogen and oxygen atoms in total. The zero-order valence-electron chi connectivity index (χ0n) is 22.8. The van der Waals surface area contributed by atoms with Crippen molar-refractivity contribution in [2.24, 2.45) is 5.92 Å². The molecule has 0 aliphatic carbocycles. The van der Waals surface area contributed by atoms with E-state index < -0.39 is 34.3 Å². The molecule has 2 amide bonds. The van der Waals surface area contributed by atoms with Crippen molar-refractivity contribution in [2.75, 3.05) is 17.4 Å². The highest BCUT2D eigenvalue weighted by atomic mass is 32.2. The molecule has 3 aromatic carbocycles. The first-order chi connectivity index (χ1) is 18.5. The number of hydrogen-bond acceptors (Lipinski definition) is 4. The van der Waals surface area contributed by atoms with E-state index in [9.17, 15) is 22.4 Å². The van der Waals surface area contributed by atoms with Crippen molar-refractivity contribution < 1.29 is 22.4 Å². The Balaban J connectivity index is 2.03.